The number of benzene rings is 2. The first-order valence-corrected chi connectivity index (χ1v) is 8.20. The van der Waals surface area contributed by atoms with E-state index >= 15 is 0 Å². The molecule has 4 heteroatoms. The summed E-state index contributed by atoms with van der Waals surface area (Å²) in [5.74, 6) is 1.43. The van der Waals surface area contributed by atoms with E-state index in [1.54, 1.807) is 0 Å². The van der Waals surface area contributed by atoms with Crippen LogP contribution in [0.4, 0.5) is 0 Å². The second-order valence-electron chi connectivity index (χ2n) is 4.98. The van der Waals surface area contributed by atoms with Crippen molar-refractivity contribution >= 4 is 27.5 Å². The highest BCUT2D eigenvalue weighted by atomic mass is 79.9. The maximum absolute atomic E-state index is 6.20. The van der Waals surface area contributed by atoms with E-state index in [0.717, 1.165) is 35.3 Å². The molecule has 112 valence electrons. The number of rotatable bonds is 6. The highest BCUT2D eigenvalue weighted by molar-refractivity contribution is 9.10. The quantitative estimate of drug-likeness (QED) is 0.660. The van der Waals surface area contributed by atoms with Gasteiger partial charge in [-0.2, -0.15) is 0 Å². The first kappa shape index (κ1) is 16.3. The lowest BCUT2D eigenvalue weighted by molar-refractivity contribution is 0.479. The SMILES string of the molecule is CCCNCc1ccc(Oc2ccc(C)cc2Cl)c(Br)c1. The molecule has 0 amide bonds. The fourth-order valence-electron chi connectivity index (χ4n) is 1.95. The molecule has 0 fully saturated rings. The Morgan fingerprint density at radius 3 is 2.57 bits per heavy atom. The van der Waals surface area contributed by atoms with Crippen LogP contribution in [0.5, 0.6) is 11.5 Å². The molecule has 2 aromatic carbocycles. The highest BCUT2D eigenvalue weighted by Crippen LogP contribution is 2.34. The van der Waals surface area contributed by atoms with Crippen molar-refractivity contribution in [3.8, 4) is 11.5 Å². The predicted octanol–water partition coefficient (Wildman–Crippen LogP) is 5.70. The topological polar surface area (TPSA) is 21.3 Å². The lowest BCUT2D eigenvalue weighted by Gasteiger charge is -2.11. The Morgan fingerprint density at radius 2 is 1.90 bits per heavy atom. The molecule has 0 aliphatic carbocycles. The molecular formula is C17H19BrClNO. The van der Waals surface area contributed by atoms with E-state index in [4.69, 9.17) is 16.3 Å². The van der Waals surface area contributed by atoms with Crippen LogP contribution >= 0.6 is 27.5 Å². The van der Waals surface area contributed by atoms with E-state index in [1.165, 1.54) is 5.56 Å². The Kier molecular flexibility index (Phi) is 6.09. The summed E-state index contributed by atoms with van der Waals surface area (Å²) >= 11 is 9.75. The van der Waals surface area contributed by atoms with Gasteiger partial charge in [-0.05, 0) is 71.2 Å². The van der Waals surface area contributed by atoms with Crippen LogP contribution in [0.25, 0.3) is 0 Å². The molecule has 0 aliphatic heterocycles. The fraction of sp³-hybridized carbons (Fsp3) is 0.294. The molecule has 0 atom stereocenters. The normalized spacial score (nSPS) is 10.7. The van der Waals surface area contributed by atoms with Gasteiger partial charge in [0.05, 0.1) is 9.50 Å². The van der Waals surface area contributed by atoms with E-state index in [0.29, 0.717) is 10.8 Å². The van der Waals surface area contributed by atoms with Crippen molar-refractivity contribution in [3.05, 3.63) is 57.0 Å². The molecule has 0 unspecified atom stereocenters. The second-order valence-corrected chi connectivity index (χ2v) is 6.24. The Balaban J connectivity index is 2.10. The molecule has 0 saturated carbocycles. The van der Waals surface area contributed by atoms with Gasteiger partial charge in [-0.15, -0.1) is 0 Å². The van der Waals surface area contributed by atoms with Crippen LogP contribution in [0.15, 0.2) is 40.9 Å². The van der Waals surface area contributed by atoms with Gasteiger partial charge in [0, 0.05) is 6.54 Å². The molecular weight excluding hydrogens is 350 g/mol. The fourth-order valence-corrected chi connectivity index (χ4v) is 2.73. The van der Waals surface area contributed by atoms with Crippen molar-refractivity contribution < 1.29 is 4.74 Å². The summed E-state index contributed by atoms with van der Waals surface area (Å²) in [6, 6.07) is 11.9. The first-order chi connectivity index (χ1) is 10.1. The molecule has 2 rings (SSSR count). The summed E-state index contributed by atoms with van der Waals surface area (Å²) in [4.78, 5) is 0. The van der Waals surface area contributed by atoms with Crippen molar-refractivity contribution in [2.75, 3.05) is 6.54 Å². The van der Waals surface area contributed by atoms with Crippen molar-refractivity contribution in [2.24, 2.45) is 0 Å². The van der Waals surface area contributed by atoms with Gasteiger partial charge in [-0.3, -0.25) is 0 Å². The third-order valence-electron chi connectivity index (χ3n) is 3.06. The number of hydrogen-bond donors (Lipinski definition) is 1. The van der Waals surface area contributed by atoms with Gasteiger partial charge in [0.1, 0.15) is 11.5 Å². The Labute approximate surface area is 139 Å². The first-order valence-electron chi connectivity index (χ1n) is 7.03. The van der Waals surface area contributed by atoms with Gasteiger partial charge in [-0.1, -0.05) is 30.7 Å². The van der Waals surface area contributed by atoms with Crippen LogP contribution in [-0.2, 0) is 6.54 Å². The van der Waals surface area contributed by atoms with Gasteiger partial charge >= 0.3 is 0 Å². The maximum atomic E-state index is 6.20. The number of hydrogen-bond acceptors (Lipinski definition) is 2. The zero-order valence-electron chi connectivity index (χ0n) is 12.2. The molecule has 21 heavy (non-hydrogen) atoms. The largest absolute Gasteiger partial charge is 0.455 e. The monoisotopic (exact) mass is 367 g/mol. The molecule has 0 radical (unpaired) electrons. The Morgan fingerprint density at radius 1 is 1.14 bits per heavy atom. The minimum atomic E-state index is 0.621. The maximum Gasteiger partial charge on any atom is 0.146 e. The standard InChI is InChI=1S/C17H19BrClNO/c1-3-8-20-11-13-5-7-16(14(18)10-13)21-17-6-4-12(2)9-15(17)19/h4-7,9-10,20H,3,8,11H2,1-2H3. The van der Waals surface area contributed by atoms with Crippen molar-refractivity contribution in [3.63, 3.8) is 0 Å². The molecule has 0 spiro atoms. The van der Waals surface area contributed by atoms with E-state index < -0.39 is 0 Å². The van der Waals surface area contributed by atoms with Crippen LogP contribution in [0.3, 0.4) is 0 Å². The number of aryl methyl sites for hydroxylation is 1. The molecule has 0 aliphatic rings. The molecule has 2 nitrogen and oxygen atoms in total. The van der Waals surface area contributed by atoms with Gasteiger partial charge < -0.3 is 10.1 Å². The summed E-state index contributed by atoms with van der Waals surface area (Å²) in [7, 11) is 0. The molecule has 0 heterocycles. The van der Waals surface area contributed by atoms with E-state index in [9.17, 15) is 0 Å². The Bertz CT molecular complexity index is 616. The highest BCUT2D eigenvalue weighted by Gasteiger charge is 2.07. The van der Waals surface area contributed by atoms with E-state index in [-0.39, 0.29) is 0 Å². The summed E-state index contributed by atoms with van der Waals surface area (Å²) in [6.07, 6.45) is 1.13. The smallest absolute Gasteiger partial charge is 0.146 e. The van der Waals surface area contributed by atoms with Gasteiger partial charge in [0.25, 0.3) is 0 Å². The van der Waals surface area contributed by atoms with E-state index in [2.05, 4.69) is 40.3 Å². The molecule has 2 aromatic rings. The van der Waals surface area contributed by atoms with Crippen LogP contribution in [0, 0.1) is 6.92 Å². The van der Waals surface area contributed by atoms with Crippen LogP contribution in [0.2, 0.25) is 5.02 Å². The molecule has 0 aromatic heterocycles. The summed E-state index contributed by atoms with van der Waals surface area (Å²) in [5.41, 5.74) is 2.33. The summed E-state index contributed by atoms with van der Waals surface area (Å²) in [5, 5.41) is 4.00. The number of halogens is 2. The summed E-state index contributed by atoms with van der Waals surface area (Å²) < 4.78 is 6.80. The average Bonchev–Trinajstić information content (AvgIpc) is 2.44. The van der Waals surface area contributed by atoms with Crippen LogP contribution in [0.1, 0.15) is 24.5 Å². The molecule has 0 saturated heterocycles. The van der Waals surface area contributed by atoms with Crippen molar-refractivity contribution in [1.29, 1.82) is 0 Å². The second kappa shape index (κ2) is 7.83. The van der Waals surface area contributed by atoms with E-state index in [1.807, 2.05) is 31.2 Å². The number of ether oxygens (including phenoxy) is 1. The van der Waals surface area contributed by atoms with Gasteiger partial charge in [0.15, 0.2) is 0 Å². The third kappa shape index (κ3) is 4.73. The van der Waals surface area contributed by atoms with Crippen LogP contribution < -0.4 is 10.1 Å². The average molecular weight is 369 g/mol. The van der Waals surface area contributed by atoms with Crippen molar-refractivity contribution in [2.45, 2.75) is 26.8 Å². The zero-order valence-corrected chi connectivity index (χ0v) is 14.6. The van der Waals surface area contributed by atoms with Crippen molar-refractivity contribution in [1.82, 2.24) is 5.32 Å². The zero-order chi connectivity index (χ0) is 15.2. The van der Waals surface area contributed by atoms with Gasteiger partial charge in [0.2, 0.25) is 0 Å². The molecule has 0 bridgehead atoms. The Hall–Kier alpha value is -1.03. The minimum absolute atomic E-state index is 0.621. The summed E-state index contributed by atoms with van der Waals surface area (Å²) in [6.45, 7) is 6.04. The lowest BCUT2D eigenvalue weighted by atomic mass is 10.2. The predicted molar refractivity (Wildman–Crippen MR) is 92.4 cm³/mol. The van der Waals surface area contributed by atoms with Gasteiger partial charge in [-0.25, -0.2) is 0 Å². The minimum Gasteiger partial charge on any atom is -0.455 e. The third-order valence-corrected chi connectivity index (χ3v) is 3.97. The van der Waals surface area contributed by atoms with Crippen LogP contribution in [-0.4, -0.2) is 6.54 Å². The molecule has 1 N–H and O–H groups in total. The number of nitrogens with one attached hydrogen (secondary N) is 1. The lowest BCUT2D eigenvalue weighted by Crippen LogP contribution is -2.13.